The molecule has 0 spiro atoms. The number of hydrogen-bond donors (Lipinski definition) is 3. The zero-order chi connectivity index (χ0) is 14.8. The summed E-state index contributed by atoms with van der Waals surface area (Å²) in [7, 11) is 0. The number of aliphatic hydroxyl groups excluding tert-OH is 1. The van der Waals surface area contributed by atoms with Gasteiger partial charge in [-0.25, -0.2) is 0 Å². The van der Waals surface area contributed by atoms with Gasteiger partial charge in [0.1, 0.15) is 5.75 Å². The number of benzene rings is 1. The molecular formula is C16H22N2O3. The van der Waals surface area contributed by atoms with Crippen molar-refractivity contribution in [2.45, 2.75) is 38.4 Å². The van der Waals surface area contributed by atoms with E-state index in [2.05, 4.69) is 10.6 Å². The first-order valence-electron chi connectivity index (χ1n) is 7.69. The van der Waals surface area contributed by atoms with Crippen LogP contribution in [0, 0.1) is 5.92 Å². The van der Waals surface area contributed by atoms with E-state index in [1.54, 1.807) is 0 Å². The van der Waals surface area contributed by atoms with Crippen molar-refractivity contribution < 1.29 is 14.6 Å². The molecule has 0 bridgehead atoms. The summed E-state index contributed by atoms with van der Waals surface area (Å²) in [4.78, 5) is 11.9. The molecule has 0 aromatic heterocycles. The van der Waals surface area contributed by atoms with Crippen LogP contribution in [-0.4, -0.2) is 30.2 Å². The van der Waals surface area contributed by atoms with Crippen LogP contribution in [0.2, 0.25) is 0 Å². The van der Waals surface area contributed by atoms with Gasteiger partial charge in [0.2, 0.25) is 0 Å². The largest absolute Gasteiger partial charge is 0.478 e. The van der Waals surface area contributed by atoms with Crippen molar-refractivity contribution in [1.29, 1.82) is 0 Å². The van der Waals surface area contributed by atoms with E-state index in [0.29, 0.717) is 17.9 Å². The van der Waals surface area contributed by atoms with E-state index in [9.17, 15) is 9.90 Å². The van der Waals surface area contributed by atoms with E-state index in [1.165, 1.54) is 0 Å². The molecule has 3 rings (SSSR count). The number of anilines is 1. The van der Waals surface area contributed by atoms with Gasteiger partial charge < -0.3 is 20.5 Å². The van der Waals surface area contributed by atoms with E-state index in [1.807, 2.05) is 25.1 Å². The Labute approximate surface area is 124 Å². The van der Waals surface area contributed by atoms with Crippen LogP contribution in [0.5, 0.6) is 5.75 Å². The van der Waals surface area contributed by atoms with Gasteiger partial charge in [-0.1, -0.05) is 13.0 Å². The predicted molar refractivity (Wildman–Crippen MR) is 80.3 cm³/mol. The Balaban J connectivity index is 1.79. The van der Waals surface area contributed by atoms with Gasteiger partial charge in [-0.3, -0.25) is 4.79 Å². The summed E-state index contributed by atoms with van der Waals surface area (Å²) in [6.45, 7) is 3.82. The summed E-state index contributed by atoms with van der Waals surface area (Å²) >= 11 is 0. The van der Waals surface area contributed by atoms with Gasteiger partial charge >= 0.3 is 0 Å². The number of amides is 1. The monoisotopic (exact) mass is 290 g/mol. The van der Waals surface area contributed by atoms with Crippen molar-refractivity contribution >= 4 is 11.6 Å². The summed E-state index contributed by atoms with van der Waals surface area (Å²) in [5, 5.41) is 16.7. The molecule has 2 heterocycles. The van der Waals surface area contributed by atoms with Crippen LogP contribution in [0.3, 0.4) is 0 Å². The first kappa shape index (κ1) is 14.4. The lowest BCUT2D eigenvalue weighted by atomic mass is 9.88. The molecule has 1 saturated heterocycles. The van der Waals surface area contributed by atoms with Gasteiger partial charge in [-0.15, -0.1) is 0 Å². The van der Waals surface area contributed by atoms with Gasteiger partial charge in [0, 0.05) is 0 Å². The normalized spacial score (nSPS) is 23.9. The van der Waals surface area contributed by atoms with Gasteiger partial charge in [0.25, 0.3) is 5.91 Å². The van der Waals surface area contributed by atoms with E-state index in [-0.39, 0.29) is 11.8 Å². The fourth-order valence-corrected chi connectivity index (χ4v) is 3.05. The van der Waals surface area contributed by atoms with Crippen molar-refractivity contribution in [3.8, 4) is 5.75 Å². The van der Waals surface area contributed by atoms with Gasteiger partial charge in [0.15, 0.2) is 6.10 Å². The molecule has 5 nitrogen and oxygen atoms in total. The Morgan fingerprint density at radius 1 is 1.38 bits per heavy atom. The number of rotatable bonds is 3. The van der Waals surface area contributed by atoms with Crippen LogP contribution >= 0.6 is 0 Å². The first-order valence-corrected chi connectivity index (χ1v) is 7.69. The average Bonchev–Trinajstić information content (AvgIpc) is 2.53. The van der Waals surface area contributed by atoms with Crippen molar-refractivity contribution in [3.05, 3.63) is 23.8 Å². The summed E-state index contributed by atoms with van der Waals surface area (Å²) in [5.74, 6) is 0.842. The number of hydrogen-bond acceptors (Lipinski definition) is 4. The number of carbonyl (C=O) groups is 1. The summed E-state index contributed by atoms with van der Waals surface area (Å²) in [6.07, 6.45) is 1.68. The minimum atomic E-state index is -0.488. The molecule has 114 valence electrons. The van der Waals surface area contributed by atoms with Crippen molar-refractivity contribution in [2.75, 3.05) is 18.4 Å². The lowest BCUT2D eigenvalue weighted by Gasteiger charge is -2.29. The molecule has 1 amide bonds. The molecule has 5 heteroatoms. The van der Waals surface area contributed by atoms with Gasteiger partial charge in [-0.05, 0) is 56.0 Å². The molecule has 0 aliphatic carbocycles. The lowest BCUT2D eigenvalue weighted by Crippen LogP contribution is -2.36. The summed E-state index contributed by atoms with van der Waals surface area (Å²) < 4.78 is 5.67. The third-order valence-electron chi connectivity index (χ3n) is 4.37. The average molecular weight is 290 g/mol. The van der Waals surface area contributed by atoms with E-state index in [0.717, 1.165) is 31.5 Å². The third kappa shape index (κ3) is 2.89. The number of nitrogens with one attached hydrogen (secondary N) is 2. The number of carbonyl (C=O) groups excluding carboxylic acids is 1. The zero-order valence-electron chi connectivity index (χ0n) is 12.3. The highest BCUT2D eigenvalue weighted by atomic mass is 16.5. The Hall–Kier alpha value is -1.59. The molecule has 21 heavy (non-hydrogen) atoms. The highest BCUT2D eigenvalue weighted by molar-refractivity contribution is 5.97. The number of piperidine rings is 1. The Morgan fingerprint density at radius 2 is 2.14 bits per heavy atom. The Morgan fingerprint density at radius 3 is 2.86 bits per heavy atom. The fraction of sp³-hybridized carbons (Fsp3) is 0.562. The second kappa shape index (κ2) is 6.03. The maximum atomic E-state index is 11.9. The van der Waals surface area contributed by atoms with E-state index >= 15 is 0 Å². The molecule has 2 aliphatic heterocycles. The highest BCUT2D eigenvalue weighted by Gasteiger charge is 2.28. The minimum Gasteiger partial charge on any atom is -0.478 e. The van der Waals surface area contributed by atoms with Gasteiger partial charge in [-0.2, -0.15) is 0 Å². The summed E-state index contributed by atoms with van der Waals surface area (Å²) in [5.41, 5.74) is 1.51. The highest BCUT2D eigenvalue weighted by Crippen LogP contribution is 2.36. The lowest BCUT2D eigenvalue weighted by molar-refractivity contribution is -0.123. The Kier molecular flexibility index (Phi) is 4.12. The summed E-state index contributed by atoms with van der Waals surface area (Å²) in [6, 6.07) is 5.58. The second-order valence-electron chi connectivity index (χ2n) is 5.79. The van der Waals surface area contributed by atoms with E-state index < -0.39 is 12.2 Å². The molecule has 1 aromatic carbocycles. The molecule has 1 aromatic rings. The maximum absolute atomic E-state index is 11.9. The number of fused-ring (bicyclic) bond motifs is 1. The molecular weight excluding hydrogens is 268 g/mol. The molecule has 0 saturated carbocycles. The van der Waals surface area contributed by atoms with Gasteiger partial charge in [0.05, 0.1) is 11.8 Å². The second-order valence-corrected chi connectivity index (χ2v) is 5.79. The smallest absolute Gasteiger partial charge is 0.265 e. The van der Waals surface area contributed by atoms with Crippen LogP contribution in [0.25, 0.3) is 0 Å². The van der Waals surface area contributed by atoms with Crippen molar-refractivity contribution in [1.82, 2.24) is 5.32 Å². The minimum absolute atomic E-state index is 0.112. The van der Waals surface area contributed by atoms with E-state index in [4.69, 9.17) is 4.74 Å². The molecule has 1 fully saturated rings. The molecule has 2 aliphatic rings. The number of aliphatic hydroxyl groups is 1. The first-order chi connectivity index (χ1) is 10.2. The standard InChI is InChI=1S/C16H22N2O3/c1-2-13-16(20)18-12-9-11(3-4-14(12)21-13)15(19)10-5-7-17-8-6-10/h3-4,9-10,13,15,17,19H,2,5-8H2,1H3,(H,18,20). The van der Waals surface area contributed by atoms with Crippen molar-refractivity contribution in [2.24, 2.45) is 5.92 Å². The predicted octanol–water partition coefficient (Wildman–Crippen LogP) is 1.83. The molecule has 2 atom stereocenters. The molecule has 0 radical (unpaired) electrons. The number of ether oxygens (including phenoxy) is 1. The third-order valence-corrected chi connectivity index (χ3v) is 4.37. The maximum Gasteiger partial charge on any atom is 0.265 e. The topological polar surface area (TPSA) is 70.6 Å². The van der Waals surface area contributed by atoms with Crippen LogP contribution in [0.15, 0.2) is 18.2 Å². The Bertz CT molecular complexity index is 526. The van der Waals surface area contributed by atoms with Crippen LogP contribution < -0.4 is 15.4 Å². The molecule has 3 N–H and O–H groups in total. The quantitative estimate of drug-likeness (QED) is 0.794. The zero-order valence-corrected chi connectivity index (χ0v) is 12.3. The van der Waals surface area contributed by atoms with Crippen LogP contribution in [-0.2, 0) is 4.79 Å². The molecule has 2 unspecified atom stereocenters. The van der Waals surface area contributed by atoms with Crippen molar-refractivity contribution in [3.63, 3.8) is 0 Å². The fourth-order valence-electron chi connectivity index (χ4n) is 3.05. The van der Waals surface area contributed by atoms with Crippen LogP contribution in [0.1, 0.15) is 37.9 Å². The SMILES string of the molecule is CCC1Oc2ccc(C(O)C3CCNCC3)cc2NC1=O. The van der Waals surface area contributed by atoms with Crippen LogP contribution in [0.4, 0.5) is 5.69 Å².